The summed E-state index contributed by atoms with van der Waals surface area (Å²) in [4.78, 5) is 1.99. The summed E-state index contributed by atoms with van der Waals surface area (Å²) in [7, 11) is -2.87. The molecule has 13 heavy (non-hydrogen) atoms. The van der Waals surface area contributed by atoms with E-state index in [1.807, 2.05) is 4.90 Å². The normalized spacial score (nSPS) is 21.2. The highest BCUT2D eigenvalue weighted by Crippen LogP contribution is 2.16. The van der Waals surface area contributed by atoms with E-state index in [9.17, 15) is 8.42 Å². The molecule has 0 amide bonds. The molecular formula is C8H14N2O2S. The highest BCUT2D eigenvalue weighted by atomic mass is 32.2. The number of piperidine rings is 1. The average Bonchev–Trinajstić information content (AvgIpc) is 2.04. The smallest absolute Gasteiger partial charge is 0.150 e. The van der Waals surface area contributed by atoms with Gasteiger partial charge in [-0.1, -0.05) is 0 Å². The Morgan fingerprint density at radius 2 is 2.00 bits per heavy atom. The third kappa shape index (κ3) is 2.98. The number of nitriles is 1. The molecule has 0 N–H and O–H groups in total. The molecule has 1 saturated heterocycles. The Morgan fingerprint density at radius 3 is 2.38 bits per heavy atom. The standard InChI is InChI=1S/C8H14N2O2S/c1-13(11,12)8-2-5-10(6-3-8)7-4-9/h8H,2-3,5-7H2,1H3. The highest BCUT2D eigenvalue weighted by Gasteiger charge is 2.25. The summed E-state index contributed by atoms with van der Waals surface area (Å²) in [5.74, 6) is 0. The van der Waals surface area contributed by atoms with Crippen LogP contribution in [0.5, 0.6) is 0 Å². The predicted molar refractivity (Wildman–Crippen MR) is 49.9 cm³/mol. The molecule has 0 spiro atoms. The van der Waals surface area contributed by atoms with Crippen molar-refractivity contribution >= 4 is 9.84 Å². The summed E-state index contributed by atoms with van der Waals surface area (Å²) in [6.07, 6.45) is 2.62. The van der Waals surface area contributed by atoms with Crippen LogP contribution in [-0.2, 0) is 9.84 Å². The molecule has 0 atom stereocenters. The van der Waals surface area contributed by atoms with Gasteiger partial charge < -0.3 is 0 Å². The third-order valence-electron chi connectivity index (χ3n) is 2.43. The maximum atomic E-state index is 11.2. The van der Waals surface area contributed by atoms with E-state index in [0.29, 0.717) is 19.4 Å². The summed E-state index contributed by atoms with van der Waals surface area (Å²) in [5, 5.41) is 8.24. The lowest BCUT2D eigenvalue weighted by atomic mass is 10.1. The fourth-order valence-electron chi connectivity index (χ4n) is 1.60. The third-order valence-corrected chi connectivity index (χ3v) is 4.12. The number of hydrogen-bond donors (Lipinski definition) is 0. The molecular weight excluding hydrogens is 188 g/mol. The van der Waals surface area contributed by atoms with Crippen molar-refractivity contribution in [3.05, 3.63) is 0 Å². The molecule has 0 unspecified atom stereocenters. The second-order valence-corrected chi connectivity index (χ2v) is 5.79. The van der Waals surface area contributed by atoms with Crippen molar-refractivity contribution in [2.45, 2.75) is 18.1 Å². The predicted octanol–water partition coefficient (Wildman–Crippen LogP) is 0.0190. The molecule has 74 valence electrons. The molecule has 0 aliphatic carbocycles. The Hall–Kier alpha value is -0.600. The van der Waals surface area contributed by atoms with Crippen molar-refractivity contribution < 1.29 is 8.42 Å². The molecule has 0 aromatic carbocycles. The number of likely N-dealkylation sites (tertiary alicyclic amines) is 1. The SMILES string of the molecule is CS(=O)(=O)C1CCN(CC#N)CC1. The molecule has 1 aliphatic rings. The van der Waals surface area contributed by atoms with Gasteiger partial charge >= 0.3 is 0 Å². The molecule has 0 bridgehead atoms. The lowest BCUT2D eigenvalue weighted by Crippen LogP contribution is -2.39. The summed E-state index contributed by atoms with van der Waals surface area (Å²) >= 11 is 0. The zero-order valence-electron chi connectivity index (χ0n) is 7.73. The van der Waals surface area contributed by atoms with E-state index in [2.05, 4.69) is 6.07 Å². The van der Waals surface area contributed by atoms with Gasteiger partial charge in [-0.2, -0.15) is 5.26 Å². The van der Waals surface area contributed by atoms with Crippen molar-refractivity contribution in [2.75, 3.05) is 25.9 Å². The molecule has 5 heteroatoms. The van der Waals surface area contributed by atoms with E-state index < -0.39 is 9.84 Å². The van der Waals surface area contributed by atoms with Crippen molar-refractivity contribution in [1.82, 2.24) is 4.90 Å². The fourth-order valence-corrected chi connectivity index (χ4v) is 2.66. The number of rotatable bonds is 2. The van der Waals surface area contributed by atoms with Crippen molar-refractivity contribution in [2.24, 2.45) is 0 Å². The largest absolute Gasteiger partial charge is 0.291 e. The van der Waals surface area contributed by atoms with Crippen LogP contribution in [0.4, 0.5) is 0 Å². The van der Waals surface area contributed by atoms with Crippen molar-refractivity contribution in [1.29, 1.82) is 5.26 Å². The first kappa shape index (κ1) is 10.5. The van der Waals surface area contributed by atoms with Crippen LogP contribution in [0.3, 0.4) is 0 Å². The van der Waals surface area contributed by atoms with Gasteiger partial charge in [0.25, 0.3) is 0 Å². The first-order valence-corrected chi connectivity index (χ1v) is 6.27. The molecule has 1 heterocycles. The van der Waals surface area contributed by atoms with Crippen molar-refractivity contribution in [3.8, 4) is 6.07 Å². The topological polar surface area (TPSA) is 61.2 Å². The quantitative estimate of drug-likeness (QED) is 0.592. The van der Waals surface area contributed by atoms with Gasteiger partial charge in [0.05, 0.1) is 17.9 Å². The van der Waals surface area contributed by atoms with Gasteiger partial charge in [-0.05, 0) is 12.8 Å². The monoisotopic (exact) mass is 202 g/mol. The van der Waals surface area contributed by atoms with Crippen LogP contribution in [0.1, 0.15) is 12.8 Å². The maximum Gasteiger partial charge on any atom is 0.150 e. The minimum Gasteiger partial charge on any atom is -0.291 e. The zero-order chi connectivity index (χ0) is 9.90. The van der Waals surface area contributed by atoms with E-state index in [1.54, 1.807) is 0 Å². The lowest BCUT2D eigenvalue weighted by Gasteiger charge is -2.28. The number of hydrogen-bond acceptors (Lipinski definition) is 4. The Morgan fingerprint density at radius 1 is 1.46 bits per heavy atom. The van der Waals surface area contributed by atoms with E-state index in [1.165, 1.54) is 6.26 Å². The van der Waals surface area contributed by atoms with Gasteiger partial charge in [0.15, 0.2) is 0 Å². The Bertz CT molecular complexity index is 297. The Kier molecular flexibility index (Phi) is 3.28. The van der Waals surface area contributed by atoms with Crippen LogP contribution in [0.2, 0.25) is 0 Å². The zero-order valence-corrected chi connectivity index (χ0v) is 8.55. The second kappa shape index (κ2) is 4.07. The summed E-state index contributed by atoms with van der Waals surface area (Å²) < 4.78 is 22.3. The molecule has 1 fully saturated rings. The van der Waals surface area contributed by atoms with Gasteiger partial charge in [-0.25, -0.2) is 8.42 Å². The molecule has 0 saturated carbocycles. The van der Waals surface area contributed by atoms with Crippen LogP contribution in [0.15, 0.2) is 0 Å². The van der Waals surface area contributed by atoms with Gasteiger partial charge in [0.1, 0.15) is 9.84 Å². The van der Waals surface area contributed by atoms with Crippen LogP contribution >= 0.6 is 0 Å². The number of nitrogens with zero attached hydrogens (tertiary/aromatic N) is 2. The molecule has 0 radical (unpaired) electrons. The Balaban J connectivity index is 2.45. The molecule has 1 rings (SSSR count). The summed E-state index contributed by atoms with van der Waals surface area (Å²) in [5.41, 5.74) is 0. The summed E-state index contributed by atoms with van der Waals surface area (Å²) in [6.45, 7) is 1.87. The number of sulfone groups is 1. The Labute approximate surface area is 79.1 Å². The van der Waals surface area contributed by atoms with E-state index in [-0.39, 0.29) is 5.25 Å². The molecule has 4 nitrogen and oxygen atoms in total. The maximum absolute atomic E-state index is 11.2. The van der Waals surface area contributed by atoms with Crippen LogP contribution < -0.4 is 0 Å². The first-order chi connectivity index (χ1) is 6.04. The molecule has 1 aliphatic heterocycles. The van der Waals surface area contributed by atoms with E-state index in [0.717, 1.165) is 13.1 Å². The minimum atomic E-state index is -2.87. The van der Waals surface area contributed by atoms with Crippen LogP contribution in [0, 0.1) is 11.3 Å². The van der Waals surface area contributed by atoms with Crippen LogP contribution in [-0.4, -0.2) is 44.5 Å². The van der Waals surface area contributed by atoms with E-state index >= 15 is 0 Å². The second-order valence-electron chi connectivity index (χ2n) is 3.46. The van der Waals surface area contributed by atoms with Gasteiger partial charge in [-0.3, -0.25) is 4.90 Å². The van der Waals surface area contributed by atoms with Gasteiger partial charge in [-0.15, -0.1) is 0 Å². The fraction of sp³-hybridized carbons (Fsp3) is 0.875. The molecule has 0 aromatic heterocycles. The highest BCUT2D eigenvalue weighted by molar-refractivity contribution is 7.91. The lowest BCUT2D eigenvalue weighted by molar-refractivity contribution is 0.255. The first-order valence-electron chi connectivity index (χ1n) is 4.32. The van der Waals surface area contributed by atoms with Gasteiger partial charge in [0.2, 0.25) is 0 Å². The average molecular weight is 202 g/mol. The van der Waals surface area contributed by atoms with Gasteiger partial charge in [0, 0.05) is 19.3 Å². The summed E-state index contributed by atoms with van der Waals surface area (Å²) in [6, 6.07) is 2.07. The van der Waals surface area contributed by atoms with Crippen LogP contribution in [0.25, 0.3) is 0 Å². The van der Waals surface area contributed by atoms with Crippen molar-refractivity contribution in [3.63, 3.8) is 0 Å². The van der Waals surface area contributed by atoms with E-state index in [4.69, 9.17) is 5.26 Å². The molecule has 0 aromatic rings. The minimum absolute atomic E-state index is 0.192.